The van der Waals surface area contributed by atoms with E-state index in [0.717, 1.165) is 16.2 Å². The molecule has 1 aromatic heterocycles. The summed E-state index contributed by atoms with van der Waals surface area (Å²) in [6, 6.07) is 10.9. The molecule has 0 saturated carbocycles. The van der Waals surface area contributed by atoms with E-state index in [4.69, 9.17) is 32.7 Å². The molecule has 1 aliphatic heterocycles. The molecule has 0 aliphatic carbocycles. The van der Waals surface area contributed by atoms with Crippen molar-refractivity contribution in [3.05, 3.63) is 63.1 Å². The molecule has 2 aromatic carbocycles. The van der Waals surface area contributed by atoms with Crippen molar-refractivity contribution in [2.24, 2.45) is 0 Å². The molecule has 0 saturated heterocycles. The maximum Gasteiger partial charge on any atom is 0.231 e. The van der Waals surface area contributed by atoms with Gasteiger partial charge in [0.25, 0.3) is 0 Å². The van der Waals surface area contributed by atoms with Gasteiger partial charge in [0.05, 0.1) is 16.5 Å². The number of rotatable bonds is 5. The van der Waals surface area contributed by atoms with Crippen LogP contribution in [-0.2, 0) is 17.8 Å². The third-order valence-corrected chi connectivity index (χ3v) is 5.64. The minimum absolute atomic E-state index is 0.0897. The third kappa shape index (κ3) is 4.03. The van der Waals surface area contributed by atoms with Crippen molar-refractivity contribution in [1.82, 2.24) is 10.3 Å². The van der Waals surface area contributed by atoms with Gasteiger partial charge < -0.3 is 14.8 Å². The van der Waals surface area contributed by atoms with Gasteiger partial charge in [-0.25, -0.2) is 4.98 Å². The number of aromatic nitrogens is 1. The summed E-state index contributed by atoms with van der Waals surface area (Å²) in [5.74, 6) is 1.33. The van der Waals surface area contributed by atoms with E-state index in [-0.39, 0.29) is 19.1 Å². The Morgan fingerprint density at radius 2 is 1.93 bits per heavy atom. The fourth-order valence-corrected chi connectivity index (χ4v) is 4.35. The first-order valence-corrected chi connectivity index (χ1v) is 9.72. The van der Waals surface area contributed by atoms with Crippen LogP contribution in [-0.4, -0.2) is 17.7 Å². The molecule has 0 unspecified atom stereocenters. The first-order valence-electron chi connectivity index (χ1n) is 8.14. The summed E-state index contributed by atoms with van der Waals surface area (Å²) in [6.07, 6.45) is 1.92. The summed E-state index contributed by atoms with van der Waals surface area (Å²) in [6.45, 7) is 0.645. The molecular formula is C19H14Cl2N2O3S. The zero-order valence-electron chi connectivity index (χ0n) is 14.0. The average molecular weight is 421 g/mol. The van der Waals surface area contributed by atoms with E-state index in [0.29, 0.717) is 32.9 Å². The number of halogens is 2. The van der Waals surface area contributed by atoms with Gasteiger partial charge in [0.2, 0.25) is 12.7 Å². The Hall–Kier alpha value is -2.28. The van der Waals surface area contributed by atoms with Crippen LogP contribution in [0.4, 0.5) is 0 Å². The van der Waals surface area contributed by atoms with E-state index < -0.39 is 0 Å². The SMILES string of the molecule is O=C(Cc1cnc(-c2c(Cl)cccc2Cl)s1)NCc1ccc2c(c1)OCO2. The van der Waals surface area contributed by atoms with E-state index in [2.05, 4.69) is 10.3 Å². The zero-order chi connectivity index (χ0) is 18.8. The fourth-order valence-electron chi connectivity index (χ4n) is 2.68. The monoisotopic (exact) mass is 420 g/mol. The lowest BCUT2D eigenvalue weighted by Crippen LogP contribution is -2.24. The highest BCUT2D eigenvalue weighted by molar-refractivity contribution is 7.15. The lowest BCUT2D eigenvalue weighted by atomic mass is 10.2. The summed E-state index contributed by atoms with van der Waals surface area (Å²) < 4.78 is 10.6. The van der Waals surface area contributed by atoms with Crippen LogP contribution in [0.2, 0.25) is 10.0 Å². The number of nitrogens with one attached hydrogen (secondary N) is 1. The van der Waals surface area contributed by atoms with Gasteiger partial charge in [0.1, 0.15) is 5.01 Å². The summed E-state index contributed by atoms with van der Waals surface area (Å²) in [4.78, 5) is 17.5. The second-order valence-electron chi connectivity index (χ2n) is 5.87. The van der Waals surface area contributed by atoms with E-state index in [1.54, 1.807) is 24.4 Å². The summed E-state index contributed by atoms with van der Waals surface area (Å²) in [5.41, 5.74) is 1.64. The second-order valence-corrected chi connectivity index (χ2v) is 7.80. The number of carbonyl (C=O) groups excluding carboxylic acids is 1. The molecule has 1 amide bonds. The predicted octanol–water partition coefficient (Wildman–Crippen LogP) is 4.70. The lowest BCUT2D eigenvalue weighted by molar-refractivity contribution is -0.120. The zero-order valence-corrected chi connectivity index (χ0v) is 16.3. The van der Waals surface area contributed by atoms with Crippen LogP contribution in [0.5, 0.6) is 11.5 Å². The molecular weight excluding hydrogens is 407 g/mol. The van der Waals surface area contributed by atoms with Crippen LogP contribution in [0.1, 0.15) is 10.4 Å². The van der Waals surface area contributed by atoms with Crippen LogP contribution in [0.15, 0.2) is 42.6 Å². The minimum Gasteiger partial charge on any atom is -0.454 e. The average Bonchev–Trinajstić information content (AvgIpc) is 3.29. The first kappa shape index (κ1) is 18.1. The molecule has 0 fully saturated rings. The van der Waals surface area contributed by atoms with Gasteiger partial charge >= 0.3 is 0 Å². The molecule has 0 bridgehead atoms. The van der Waals surface area contributed by atoms with Gasteiger partial charge in [-0.15, -0.1) is 11.3 Å². The molecule has 0 atom stereocenters. The Morgan fingerprint density at radius 1 is 1.15 bits per heavy atom. The Bertz CT molecular complexity index is 986. The molecule has 1 aliphatic rings. The maximum atomic E-state index is 12.3. The summed E-state index contributed by atoms with van der Waals surface area (Å²) >= 11 is 13.8. The smallest absolute Gasteiger partial charge is 0.231 e. The number of hydrogen-bond donors (Lipinski definition) is 1. The molecule has 3 aromatic rings. The minimum atomic E-state index is -0.0897. The van der Waals surface area contributed by atoms with Crippen LogP contribution in [0.3, 0.4) is 0 Å². The van der Waals surface area contributed by atoms with E-state index in [9.17, 15) is 4.79 Å². The van der Waals surface area contributed by atoms with Crippen molar-refractivity contribution in [1.29, 1.82) is 0 Å². The quantitative estimate of drug-likeness (QED) is 0.649. The van der Waals surface area contributed by atoms with Crippen LogP contribution in [0.25, 0.3) is 10.6 Å². The number of fused-ring (bicyclic) bond motifs is 1. The van der Waals surface area contributed by atoms with Gasteiger partial charge in [-0.3, -0.25) is 4.79 Å². The summed E-state index contributed by atoms with van der Waals surface area (Å²) in [7, 11) is 0. The molecule has 27 heavy (non-hydrogen) atoms. The van der Waals surface area contributed by atoms with Crippen LogP contribution < -0.4 is 14.8 Å². The number of carbonyl (C=O) groups is 1. The lowest BCUT2D eigenvalue weighted by Gasteiger charge is -2.05. The number of amides is 1. The van der Waals surface area contributed by atoms with E-state index >= 15 is 0 Å². The molecule has 2 heterocycles. The topological polar surface area (TPSA) is 60.5 Å². The number of ether oxygens (including phenoxy) is 2. The largest absolute Gasteiger partial charge is 0.454 e. The normalized spacial score (nSPS) is 12.2. The van der Waals surface area contributed by atoms with E-state index in [1.807, 2.05) is 18.2 Å². The molecule has 0 spiro atoms. The fraction of sp³-hybridized carbons (Fsp3) is 0.158. The Balaban J connectivity index is 1.38. The number of thiazole rings is 1. The van der Waals surface area contributed by atoms with Crippen molar-refractivity contribution in [3.63, 3.8) is 0 Å². The Morgan fingerprint density at radius 3 is 2.74 bits per heavy atom. The van der Waals surface area contributed by atoms with Gasteiger partial charge in [0.15, 0.2) is 11.5 Å². The number of hydrogen-bond acceptors (Lipinski definition) is 5. The highest BCUT2D eigenvalue weighted by atomic mass is 35.5. The Kier molecular flexibility index (Phi) is 5.20. The van der Waals surface area contributed by atoms with Crippen molar-refractivity contribution >= 4 is 40.4 Å². The molecule has 138 valence electrons. The summed E-state index contributed by atoms with van der Waals surface area (Å²) in [5, 5.41) is 4.68. The third-order valence-electron chi connectivity index (χ3n) is 3.99. The van der Waals surface area contributed by atoms with Gasteiger partial charge in [0, 0.05) is 23.2 Å². The second kappa shape index (κ2) is 7.76. The molecule has 5 nitrogen and oxygen atoms in total. The highest BCUT2D eigenvalue weighted by Crippen LogP contribution is 2.37. The van der Waals surface area contributed by atoms with Gasteiger partial charge in [-0.05, 0) is 29.8 Å². The first-order chi connectivity index (χ1) is 13.1. The van der Waals surface area contributed by atoms with Gasteiger partial charge in [-0.2, -0.15) is 0 Å². The highest BCUT2D eigenvalue weighted by Gasteiger charge is 2.15. The van der Waals surface area contributed by atoms with Gasteiger partial charge in [-0.1, -0.05) is 35.3 Å². The van der Waals surface area contributed by atoms with Crippen molar-refractivity contribution < 1.29 is 14.3 Å². The van der Waals surface area contributed by atoms with E-state index in [1.165, 1.54) is 11.3 Å². The molecule has 4 rings (SSSR count). The number of nitrogens with zero attached hydrogens (tertiary/aromatic N) is 1. The van der Waals surface area contributed by atoms with Crippen molar-refractivity contribution in [2.75, 3.05) is 6.79 Å². The van der Waals surface area contributed by atoms with Crippen molar-refractivity contribution in [2.45, 2.75) is 13.0 Å². The Labute approximate surface area is 169 Å². The van der Waals surface area contributed by atoms with Crippen molar-refractivity contribution in [3.8, 4) is 22.1 Å². The van der Waals surface area contributed by atoms with Crippen LogP contribution in [0, 0.1) is 0 Å². The molecule has 1 N–H and O–H groups in total. The predicted molar refractivity (Wildman–Crippen MR) is 106 cm³/mol. The standard InChI is InChI=1S/C19H14Cl2N2O3S/c20-13-2-1-3-14(21)18(13)19-23-9-12(27-19)7-17(24)22-8-11-4-5-15-16(6-11)26-10-25-15/h1-6,9H,7-8,10H2,(H,22,24). The maximum absolute atomic E-state index is 12.3. The number of benzene rings is 2. The molecule has 8 heteroatoms. The molecule has 0 radical (unpaired) electrons. The van der Waals surface area contributed by atoms with Crippen LogP contribution >= 0.6 is 34.5 Å².